The first-order chi connectivity index (χ1) is 13.6. The molecule has 1 aromatic rings. The Balaban J connectivity index is 1.62. The highest BCUT2D eigenvalue weighted by Gasteiger charge is 2.35. The van der Waals surface area contributed by atoms with Crippen LogP contribution in [0.15, 0.2) is 23.1 Å². The number of nitrogens with zero attached hydrogens (tertiary/aromatic N) is 3. The molecule has 0 aromatic heterocycles. The third kappa shape index (κ3) is 4.84. The van der Waals surface area contributed by atoms with Crippen molar-refractivity contribution in [2.45, 2.75) is 52.0 Å². The monoisotopic (exact) mass is 421 g/mol. The van der Waals surface area contributed by atoms with Gasteiger partial charge in [-0.25, -0.2) is 8.42 Å². The summed E-state index contributed by atoms with van der Waals surface area (Å²) in [5.41, 5.74) is 2.07. The van der Waals surface area contributed by atoms with Gasteiger partial charge in [0.2, 0.25) is 15.9 Å². The Labute approximate surface area is 175 Å². The molecule has 0 radical (unpaired) electrons. The van der Waals surface area contributed by atoms with Crippen LogP contribution in [0.1, 0.15) is 38.3 Å². The van der Waals surface area contributed by atoms with E-state index in [-0.39, 0.29) is 11.9 Å². The van der Waals surface area contributed by atoms with Gasteiger partial charge in [-0.1, -0.05) is 19.9 Å². The molecule has 2 saturated heterocycles. The van der Waals surface area contributed by atoms with Gasteiger partial charge in [-0.15, -0.1) is 0 Å². The molecule has 29 heavy (non-hydrogen) atoms. The normalized spacial score (nSPS) is 25.8. The van der Waals surface area contributed by atoms with Crippen LogP contribution in [0.4, 0.5) is 0 Å². The average molecular weight is 422 g/mol. The lowest BCUT2D eigenvalue weighted by atomic mass is 9.91. The van der Waals surface area contributed by atoms with Gasteiger partial charge in [0.25, 0.3) is 0 Å². The molecule has 7 heteroatoms. The topological polar surface area (TPSA) is 60.9 Å². The van der Waals surface area contributed by atoms with Gasteiger partial charge < -0.3 is 4.90 Å². The predicted molar refractivity (Wildman–Crippen MR) is 115 cm³/mol. The van der Waals surface area contributed by atoms with Crippen LogP contribution in [0.3, 0.4) is 0 Å². The maximum atomic E-state index is 13.0. The molecule has 0 bridgehead atoms. The third-order valence-corrected chi connectivity index (χ3v) is 8.37. The molecule has 0 N–H and O–H groups in total. The molecule has 1 amide bonds. The zero-order valence-electron chi connectivity index (χ0n) is 18.4. The minimum atomic E-state index is -3.49. The van der Waals surface area contributed by atoms with Crippen molar-refractivity contribution < 1.29 is 13.2 Å². The van der Waals surface area contributed by atoms with Crippen molar-refractivity contribution in [1.29, 1.82) is 0 Å². The van der Waals surface area contributed by atoms with Crippen molar-refractivity contribution >= 4 is 15.9 Å². The lowest BCUT2D eigenvalue weighted by molar-refractivity contribution is -0.139. The molecule has 0 spiro atoms. The summed E-state index contributed by atoms with van der Waals surface area (Å²) in [4.78, 5) is 17.5. The number of hydrogen-bond donors (Lipinski definition) is 0. The minimum Gasteiger partial charge on any atom is -0.341 e. The molecular formula is C22H35N3O3S. The van der Waals surface area contributed by atoms with Gasteiger partial charge in [-0.3, -0.25) is 9.69 Å². The second-order valence-electron chi connectivity index (χ2n) is 9.05. The Morgan fingerprint density at radius 3 is 2.14 bits per heavy atom. The largest absolute Gasteiger partial charge is 0.341 e. The molecular weight excluding hydrogens is 386 g/mol. The van der Waals surface area contributed by atoms with Crippen molar-refractivity contribution in [2.75, 3.05) is 39.3 Å². The number of carbonyl (C=O) groups excluding carboxylic acids is 1. The highest BCUT2D eigenvalue weighted by Crippen LogP contribution is 2.24. The number of piperazine rings is 1. The maximum Gasteiger partial charge on any atom is 0.243 e. The van der Waals surface area contributed by atoms with Gasteiger partial charge >= 0.3 is 0 Å². The maximum absolute atomic E-state index is 13.0. The van der Waals surface area contributed by atoms with Crippen LogP contribution in [0.5, 0.6) is 0 Å². The number of amides is 1. The number of piperidine rings is 1. The number of benzene rings is 1. The highest BCUT2D eigenvalue weighted by molar-refractivity contribution is 7.89. The Hall–Kier alpha value is -1.44. The molecule has 0 saturated carbocycles. The van der Waals surface area contributed by atoms with Crippen LogP contribution < -0.4 is 0 Å². The van der Waals surface area contributed by atoms with E-state index in [4.69, 9.17) is 0 Å². The molecule has 2 aliphatic rings. The van der Waals surface area contributed by atoms with E-state index in [1.165, 1.54) is 6.42 Å². The summed E-state index contributed by atoms with van der Waals surface area (Å²) in [6.07, 6.45) is 1.17. The van der Waals surface area contributed by atoms with E-state index in [2.05, 4.69) is 18.7 Å². The number of sulfonamides is 1. The molecule has 3 rings (SSSR count). The fraction of sp³-hybridized carbons (Fsp3) is 0.682. The first kappa shape index (κ1) is 22.2. The Morgan fingerprint density at radius 2 is 1.59 bits per heavy atom. The molecule has 2 heterocycles. The molecule has 162 valence electrons. The zero-order chi connectivity index (χ0) is 21.3. The Kier molecular flexibility index (Phi) is 6.70. The van der Waals surface area contributed by atoms with Crippen LogP contribution in [0, 0.1) is 25.7 Å². The van der Waals surface area contributed by atoms with Gasteiger partial charge in [0, 0.05) is 39.3 Å². The zero-order valence-corrected chi connectivity index (χ0v) is 19.2. The van der Waals surface area contributed by atoms with E-state index in [9.17, 15) is 13.2 Å². The number of carbonyl (C=O) groups is 1. The lowest BCUT2D eigenvalue weighted by Gasteiger charge is -2.41. The minimum absolute atomic E-state index is 0.175. The summed E-state index contributed by atoms with van der Waals surface area (Å²) in [7, 11) is -3.49. The Morgan fingerprint density at radius 1 is 1.00 bits per heavy atom. The van der Waals surface area contributed by atoms with Crippen molar-refractivity contribution in [3.05, 3.63) is 29.3 Å². The van der Waals surface area contributed by atoms with Gasteiger partial charge in [-0.2, -0.15) is 4.31 Å². The smallest absolute Gasteiger partial charge is 0.243 e. The summed E-state index contributed by atoms with van der Waals surface area (Å²) in [5, 5.41) is 0. The van der Waals surface area contributed by atoms with Gasteiger partial charge in [0.05, 0.1) is 10.9 Å². The molecule has 3 unspecified atom stereocenters. The number of hydrogen-bond acceptors (Lipinski definition) is 4. The highest BCUT2D eigenvalue weighted by atomic mass is 32.2. The van der Waals surface area contributed by atoms with Gasteiger partial charge in [0.15, 0.2) is 0 Å². The lowest BCUT2D eigenvalue weighted by Crippen LogP contribution is -2.56. The van der Waals surface area contributed by atoms with Crippen LogP contribution in [-0.2, 0) is 14.8 Å². The van der Waals surface area contributed by atoms with E-state index in [1.807, 2.05) is 31.7 Å². The summed E-state index contributed by atoms with van der Waals surface area (Å²) < 4.78 is 27.6. The molecule has 1 aromatic carbocycles. The van der Waals surface area contributed by atoms with Crippen LogP contribution in [-0.4, -0.2) is 73.7 Å². The van der Waals surface area contributed by atoms with E-state index < -0.39 is 10.0 Å². The van der Waals surface area contributed by atoms with E-state index in [0.29, 0.717) is 42.9 Å². The molecule has 6 nitrogen and oxygen atoms in total. The SMILES string of the molecule is Cc1ccc(S(=O)(=O)N2CCN(C(C)C(=O)N3CC(C)CC(C)C3)CC2)cc1C. The predicted octanol–water partition coefficient (Wildman–Crippen LogP) is 2.50. The first-order valence-electron chi connectivity index (χ1n) is 10.7. The van der Waals surface area contributed by atoms with Crippen molar-refractivity contribution in [3.63, 3.8) is 0 Å². The second-order valence-corrected chi connectivity index (χ2v) is 11.0. The van der Waals surface area contributed by atoms with Crippen molar-refractivity contribution in [1.82, 2.24) is 14.1 Å². The summed E-state index contributed by atoms with van der Waals surface area (Å²) in [6, 6.07) is 5.09. The van der Waals surface area contributed by atoms with Crippen LogP contribution in [0.2, 0.25) is 0 Å². The number of rotatable bonds is 4. The van der Waals surface area contributed by atoms with E-state index in [1.54, 1.807) is 16.4 Å². The number of likely N-dealkylation sites (tertiary alicyclic amines) is 1. The molecule has 2 fully saturated rings. The standard InChI is InChI=1S/C22H35N3O3S/c1-16-12-17(2)15-24(14-16)22(26)20(5)23-8-10-25(11-9-23)29(27,28)21-7-6-18(3)19(4)13-21/h6-7,13,16-17,20H,8-12,14-15H2,1-5H3. The summed E-state index contributed by atoms with van der Waals surface area (Å²) >= 11 is 0. The van der Waals surface area contributed by atoms with Crippen LogP contribution >= 0.6 is 0 Å². The quantitative estimate of drug-likeness (QED) is 0.749. The Bertz CT molecular complexity index is 837. The van der Waals surface area contributed by atoms with Crippen molar-refractivity contribution in [2.24, 2.45) is 11.8 Å². The fourth-order valence-corrected chi connectivity index (χ4v) is 6.13. The van der Waals surface area contributed by atoms with Gasteiger partial charge in [-0.05, 0) is 62.3 Å². The van der Waals surface area contributed by atoms with E-state index in [0.717, 1.165) is 24.2 Å². The average Bonchev–Trinajstić information content (AvgIpc) is 2.68. The first-order valence-corrected chi connectivity index (χ1v) is 12.1. The van der Waals surface area contributed by atoms with Crippen LogP contribution in [0.25, 0.3) is 0 Å². The van der Waals surface area contributed by atoms with Gasteiger partial charge in [0.1, 0.15) is 0 Å². The molecule has 2 aliphatic heterocycles. The molecule has 3 atom stereocenters. The van der Waals surface area contributed by atoms with Crippen molar-refractivity contribution in [3.8, 4) is 0 Å². The third-order valence-electron chi connectivity index (χ3n) is 6.48. The number of aryl methyl sites for hydroxylation is 2. The summed E-state index contributed by atoms with van der Waals surface area (Å²) in [6.45, 7) is 13.9. The fourth-order valence-electron chi connectivity index (χ4n) is 4.62. The molecule has 0 aliphatic carbocycles. The van der Waals surface area contributed by atoms with E-state index >= 15 is 0 Å². The summed E-state index contributed by atoms with van der Waals surface area (Å²) in [5.74, 6) is 1.25. The second kappa shape index (κ2) is 8.74.